The Morgan fingerprint density at radius 2 is 1.83 bits per heavy atom. The van der Waals surface area contributed by atoms with Gasteiger partial charge in [0.2, 0.25) is 5.91 Å². The predicted molar refractivity (Wildman–Crippen MR) is 88.6 cm³/mol. The van der Waals surface area contributed by atoms with E-state index in [9.17, 15) is 4.79 Å². The fraction of sp³-hybridized carbons (Fsp3) is 0.688. The van der Waals surface area contributed by atoms with E-state index in [2.05, 4.69) is 15.1 Å². The van der Waals surface area contributed by atoms with E-state index in [1.54, 1.807) is 6.07 Å². The second-order valence-corrected chi connectivity index (χ2v) is 6.86. The summed E-state index contributed by atoms with van der Waals surface area (Å²) < 4.78 is 5.71. The van der Waals surface area contributed by atoms with Gasteiger partial charge < -0.3 is 14.5 Å². The molecular weight excluding hydrogens is 316 g/mol. The Bertz CT molecular complexity index is 536. The van der Waals surface area contributed by atoms with Crippen molar-refractivity contribution in [2.45, 2.75) is 38.9 Å². The van der Waals surface area contributed by atoms with Crippen molar-refractivity contribution >= 4 is 23.3 Å². The van der Waals surface area contributed by atoms with E-state index in [0.717, 1.165) is 31.7 Å². The van der Waals surface area contributed by atoms with Crippen LogP contribution in [-0.4, -0.2) is 59.4 Å². The van der Waals surface area contributed by atoms with Crippen LogP contribution in [0.2, 0.25) is 5.15 Å². The number of ether oxygens (including phenoxy) is 1. The van der Waals surface area contributed by atoms with Crippen molar-refractivity contribution < 1.29 is 9.53 Å². The maximum atomic E-state index is 12.7. The van der Waals surface area contributed by atoms with Crippen LogP contribution in [0.25, 0.3) is 0 Å². The average Bonchev–Trinajstić information content (AvgIpc) is 2.54. The van der Waals surface area contributed by atoms with Crippen LogP contribution >= 0.6 is 11.6 Å². The molecule has 1 amide bonds. The molecular formula is C16H23ClN4O2. The molecule has 0 N–H and O–H groups in total. The van der Waals surface area contributed by atoms with E-state index in [1.165, 1.54) is 0 Å². The number of amides is 1. The van der Waals surface area contributed by atoms with E-state index in [4.69, 9.17) is 16.3 Å². The van der Waals surface area contributed by atoms with Crippen molar-refractivity contribution in [3.05, 3.63) is 17.3 Å². The molecule has 0 spiro atoms. The van der Waals surface area contributed by atoms with E-state index < -0.39 is 0 Å². The maximum Gasteiger partial charge on any atom is 0.225 e. The second kappa shape index (κ2) is 7.01. The molecule has 0 aliphatic carbocycles. The van der Waals surface area contributed by atoms with Crippen LogP contribution in [0, 0.1) is 5.92 Å². The number of rotatable bonds is 2. The van der Waals surface area contributed by atoms with Crippen LogP contribution in [-0.2, 0) is 9.53 Å². The number of hydrogen-bond donors (Lipinski definition) is 0. The molecule has 126 valence electrons. The zero-order chi connectivity index (χ0) is 16.4. The molecule has 7 heteroatoms. The Labute approximate surface area is 141 Å². The number of aromatic nitrogens is 2. The van der Waals surface area contributed by atoms with Gasteiger partial charge >= 0.3 is 0 Å². The molecule has 23 heavy (non-hydrogen) atoms. The smallest absolute Gasteiger partial charge is 0.225 e. The molecule has 0 aromatic carbocycles. The van der Waals surface area contributed by atoms with Crippen molar-refractivity contribution in [3.63, 3.8) is 0 Å². The molecule has 2 atom stereocenters. The van der Waals surface area contributed by atoms with Gasteiger partial charge in [0.05, 0.1) is 12.2 Å². The number of nitrogens with zero attached hydrogens (tertiary/aromatic N) is 4. The minimum Gasteiger partial charge on any atom is -0.372 e. The molecule has 3 rings (SSSR count). The summed E-state index contributed by atoms with van der Waals surface area (Å²) >= 11 is 5.77. The van der Waals surface area contributed by atoms with Gasteiger partial charge in [-0.15, -0.1) is 10.2 Å². The van der Waals surface area contributed by atoms with Crippen LogP contribution < -0.4 is 4.90 Å². The van der Waals surface area contributed by atoms with Crippen molar-refractivity contribution in [2.24, 2.45) is 5.92 Å². The van der Waals surface area contributed by atoms with Gasteiger partial charge in [0, 0.05) is 32.1 Å². The lowest BCUT2D eigenvalue weighted by Crippen LogP contribution is -2.51. The minimum atomic E-state index is 0.101. The van der Waals surface area contributed by atoms with Crippen LogP contribution in [0.3, 0.4) is 0 Å². The molecule has 0 saturated carbocycles. The van der Waals surface area contributed by atoms with Crippen LogP contribution in [0.1, 0.15) is 26.7 Å². The molecule has 0 radical (unpaired) electrons. The van der Waals surface area contributed by atoms with Gasteiger partial charge in [0.1, 0.15) is 0 Å². The fourth-order valence-electron chi connectivity index (χ4n) is 3.45. The Balaban J connectivity index is 1.56. The second-order valence-electron chi connectivity index (χ2n) is 6.48. The first kappa shape index (κ1) is 16.5. The fourth-order valence-corrected chi connectivity index (χ4v) is 3.55. The predicted octanol–water partition coefficient (Wildman–Crippen LogP) is 1.98. The number of carbonyl (C=O) groups excluding carboxylic acids is 1. The third-order valence-corrected chi connectivity index (χ3v) is 4.72. The van der Waals surface area contributed by atoms with Gasteiger partial charge in [-0.3, -0.25) is 4.79 Å². The van der Waals surface area contributed by atoms with Gasteiger partial charge in [0.15, 0.2) is 11.0 Å². The Hall–Kier alpha value is -1.40. The zero-order valence-electron chi connectivity index (χ0n) is 13.6. The van der Waals surface area contributed by atoms with Gasteiger partial charge in [-0.25, -0.2) is 0 Å². The summed E-state index contributed by atoms with van der Waals surface area (Å²) in [6.45, 7) is 7.10. The highest BCUT2D eigenvalue weighted by molar-refractivity contribution is 6.29. The van der Waals surface area contributed by atoms with E-state index in [-0.39, 0.29) is 24.0 Å². The molecule has 2 aliphatic rings. The standard InChI is InChI=1S/C16H23ClN4O2/c1-11-9-21(10-12(2)23-11)16(22)13-5-7-20(8-6-13)15-4-3-14(17)18-19-15/h3-4,11-13H,5-10H2,1-2H3. The molecule has 0 bridgehead atoms. The number of carbonyl (C=O) groups is 1. The molecule has 1 aromatic rings. The lowest BCUT2D eigenvalue weighted by molar-refractivity contribution is -0.148. The lowest BCUT2D eigenvalue weighted by Gasteiger charge is -2.39. The molecule has 2 saturated heterocycles. The highest BCUT2D eigenvalue weighted by atomic mass is 35.5. The first-order valence-electron chi connectivity index (χ1n) is 8.21. The van der Waals surface area contributed by atoms with E-state index >= 15 is 0 Å². The van der Waals surface area contributed by atoms with Crippen molar-refractivity contribution in [1.29, 1.82) is 0 Å². The monoisotopic (exact) mass is 338 g/mol. The molecule has 2 aliphatic heterocycles. The summed E-state index contributed by atoms with van der Waals surface area (Å²) in [5.74, 6) is 1.20. The summed E-state index contributed by atoms with van der Waals surface area (Å²) in [5, 5.41) is 8.39. The van der Waals surface area contributed by atoms with Crippen molar-refractivity contribution in [3.8, 4) is 0 Å². The highest BCUT2D eigenvalue weighted by Gasteiger charge is 2.32. The Morgan fingerprint density at radius 3 is 2.39 bits per heavy atom. The van der Waals surface area contributed by atoms with E-state index in [0.29, 0.717) is 18.2 Å². The third kappa shape index (κ3) is 3.93. The summed E-state index contributed by atoms with van der Waals surface area (Å²) in [6.07, 6.45) is 1.94. The molecule has 2 fully saturated rings. The van der Waals surface area contributed by atoms with Gasteiger partial charge in [-0.05, 0) is 38.8 Å². The van der Waals surface area contributed by atoms with E-state index in [1.807, 2.05) is 24.8 Å². The number of halogens is 1. The van der Waals surface area contributed by atoms with Crippen molar-refractivity contribution in [1.82, 2.24) is 15.1 Å². The first-order chi connectivity index (χ1) is 11.0. The summed E-state index contributed by atoms with van der Waals surface area (Å²) in [5.41, 5.74) is 0. The largest absolute Gasteiger partial charge is 0.372 e. The quantitative estimate of drug-likeness (QED) is 0.825. The summed E-state index contributed by atoms with van der Waals surface area (Å²) in [4.78, 5) is 16.9. The number of anilines is 1. The number of hydrogen-bond acceptors (Lipinski definition) is 5. The average molecular weight is 339 g/mol. The zero-order valence-corrected chi connectivity index (χ0v) is 14.4. The van der Waals surface area contributed by atoms with Gasteiger partial charge in [-0.2, -0.15) is 0 Å². The SMILES string of the molecule is CC1CN(C(=O)C2CCN(c3ccc(Cl)nn3)CC2)CC(C)O1. The topological polar surface area (TPSA) is 58.6 Å². The van der Waals surface area contributed by atoms with Crippen LogP contribution in [0.5, 0.6) is 0 Å². The van der Waals surface area contributed by atoms with Crippen LogP contribution in [0.4, 0.5) is 5.82 Å². The lowest BCUT2D eigenvalue weighted by atomic mass is 9.94. The normalized spacial score (nSPS) is 26.4. The van der Waals surface area contributed by atoms with Crippen molar-refractivity contribution in [2.75, 3.05) is 31.1 Å². The van der Waals surface area contributed by atoms with Gasteiger partial charge in [-0.1, -0.05) is 11.6 Å². The Morgan fingerprint density at radius 1 is 1.17 bits per heavy atom. The molecule has 6 nitrogen and oxygen atoms in total. The van der Waals surface area contributed by atoms with Crippen LogP contribution in [0.15, 0.2) is 12.1 Å². The number of morpholine rings is 1. The third-order valence-electron chi connectivity index (χ3n) is 4.52. The molecule has 3 heterocycles. The van der Waals surface area contributed by atoms with Gasteiger partial charge in [0.25, 0.3) is 0 Å². The maximum absolute atomic E-state index is 12.7. The molecule has 2 unspecified atom stereocenters. The number of piperidine rings is 1. The Kier molecular flexibility index (Phi) is 5.02. The summed E-state index contributed by atoms with van der Waals surface area (Å²) in [6, 6.07) is 3.63. The minimum absolute atomic E-state index is 0.101. The highest BCUT2D eigenvalue weighted by Crippen LogP contribution is 2.25. The first-order valence-corrected chi connectivity index (χ1v) is 8.59. The molecule has 1 aromatic heterocycles. The summed E-state index contributed by atoms with van der Waals surface area (Å²) in [7, 11) is 0.